The third-order valence-corrected chi connectivity index (χ3v) is 3.06. The highest BCUT2D eigenvalue weighted by Gasteiger charge is 2.24. The lowest BCUT2D eigenvalue weighted by Gasteiger charge is -2.30. The maximum Gasteiger partial charge on any atom is 0.315 e. The molecule has 0 saturated carbocycles. The van der Waals surface area contributed by atoms with Crippen LogP contribution in [0, 0.1) is 0 Å². The van der Waals surface area contributed by atoms with Gasteiger partial charge in [-0.15, -0.1) is 0 Å². The Morgan fingerprint density at radius 2 is 2.12 bits per heavy atom. The van der Waals surface area contributed by atoms with Crippen molar-refractivity contribution in [3.63, 3.8) is 0 Å². The molecule has 0 aliphatic carbocycles. The summed E-state index contributed by atoms with van der Waals surface area (Å²) in [6, 6.07) is -0.179. The molecule has 0 aliphatic heterocycles. The standard InChI is InChI=1S/C12H26N2O3/c1-5-10(9-17-4)13-11(16)14-12(3,6-2)7-8-15/h10,15H,5-9H2,1-4H3,(H2,13,14,16). The first kappa shape index (κ1) is 16.2. The van der Waals surface area contributed by atoms with E-state index in [1.165, 1.54) is 0 Å². The molecule has 2 atom stereocenters. The zero-order valence-corrected chi connectivity index (χ0v) is 11.4. The van der Waals surface area contributed by atoms with Gasteiger partial charge in [-0.2, -0.15) is 0 Å². The monoisotopic (exact) mass is 246 g/mol. The molecule has 0 aliphatic rings. The van der Waals surface area contributed by atoms with Crippen molar-refractivity contribution in [3.8, 4) is 0 Å². The van der Waals surface area contributed by atoms with Gasteiger partial charge in [0, 0.05) is 19.3 Å². The third-order valence-electron chi connectivity index (χ3n) is 3.06. The first-order chi connectivity index (χ1) is 8.01. The molecule has 0 aromatic carbocycles. The van der Waals surface area contributed by atoms with E-state index in [1.54, 1.807) is 7.11 Å². The Morgan fingerprint density at radius 1 is 1.47 bits per heavy atom. The zero-order chi connectivity index (χ0) is 13.3. The van der Waals surface area contributed by atoms with Crippen LogP contribution in [0.3, 0.4) is 0 Å². The first-order valence-corrected chi connectivity index (χ1v) is 6.19. The summed E-state index contributed by atoms with van der Waals surface area (Å²) in [5.74, 6) is 0. The number of carbonyl (C=O) groups excluding carboxylic acids is 1. The van der Waals surface area contributed by atoms with Crippen LogP contribution in [0.1, 0.15) is 40.0 Å². The largest absolute Gasteiger partial charge is 0.396 e. The van der Waals surface area contributed by atoms with Crippen LogP contribution in [-0.2, 0) is 4.74 Å². The molecule has 0 rings (SSSR count). The van der Waals surface area contributed by atoms with E-state index >= 15 is 0 Å². The van der Waals surface area contributed by atoms with E-state index in [0.717, 1.165) is 12.8 Å². The predicted molar refractivity (Wildman–Crippen MR) is 68.0 cm³/mol. The number of urea groups is 1. The Balaban J connectivity index is 4.22. The highest BCUT2D eigenvalue weighted by molar-refractivity contribution is 5.75. The first-order valence-electron chi connectivity index (χ1n) is 6.19. The van der Waals surface area contributed by atoms with Gasteiger partial charge in [-0.25, -0.2) is 4.79 Å². The minimum absolute atomic E-state index is 0.0234. The molecule has 2 amide bonds. The van der Waals surface area contributed by atoms with Gasteiger partial charge >= 0.3 is 6.03 Å². The van der Waals surface area contributed by atoms with Gasteiger partial charge in [0.2, 0.25) is 0 Å². The maximum absolute atomic E-state index is 11.8. The van der Waals surface area contributed by atoms with Gasteiger partial charge in [0.1, 0.15) is 0 Å². The van der Waals surface area contributed by atoms with E-state index in [0.29, 0.717) is 13.0 Å². The average molecular weight is 246 g/mol. The van der Waals surface area contributed by atoms with Crippen LogP contribution in [-0.4, -0.2) is 43.0 Å². The number of aliphatic hydroxyl groups is 1. The Kier molecular flexibility index (Phi) is 7.91. The molecule has 0 saturated heterocycles. The van der Waals surface area contributed by atoms with Crippen molar-refractivity contribution in [2.75, 3.05) is 20.3 Å². The van der Waals surface area contributed by atoms with Crippen molar-refractivity contribution in [1.82, 2.24) is 10.6 Å². The van der Waals surface area contributed by atoms with Crippen LogP contribution < -0.4 is 10.6 Å². The van der Waals surface area contributed by atoms with Crippen molar-refractivity contribution >= 4 is 6.03 Å². The van der Waals surface area contributed by atoms with Gasteiger partial charge in [0.05, 0.1) is 12.6 Å². The minimum atomic E-state index is -0.357. The molecule has 0 bridgehead atoms. The average Bonchev–Trinajstić information content (AvgIpc) is 2.28. The van der Waals surface area contributed by atoms with E-state index < -0.39 is 0 Å². The molecule has 0 fully saturated rings. The Bertz CT molecular complexity index is 224. The lowest BCUT2D eigenvalue weighted by Crippen LogP contribution is -2.53. The molecule has 102 valence electrons. The van der Waals surface area contributed by atoms with Crippen molar-refractivity contribution in [2.45, 2.75) is 51.6 Å². The van der Waals surface area contributed by atoms with Gasteiger partial charge in [0.25, 0.3) is 0 Å². The summed E-state index contributed by atoms with van der Waals surface area (Å²) in [5.41, 5.74) is -0.357. The van der Waals surface area contributed by atoms with Gasteiger partial charge in [-0.1, -0.05) is 13.8 Å². The van der Waals surface area contributed by atoms with Crippen molar-refractivity contribution in [1.29, 1.82) is 0 Å². The van der Waals surface area contributed by atoms with E-state index in [1.807, 2.05) is 20.8 Å². The zero-order valence-electron chi connectivity index (χ0n) is 11.4. The van der Waals surface area contributed by atoms with Crippen LogP contribution in [0.5, 0.6) is 0 Å². The topological polar surface area (TPSA) is 70.6 Å². The quantitative estimate of drug-likeness (QED) is 0.604. The molecule has 2 unspecified atom stereocenters. The molecule has 5 nitrogen and oxygen atoms in total. The second kappa shape index (κ2) is 8.31. The lowest BCUT2D eigenvalue weighted by atomic mass is 9.95. The summed E-state index contributed by atoms with van der Waals surface area (Å²) in [6.45, 7) is 6.49. The van der Waals surface area contributed by atoms with Crippen molar-refractivity contribution in [3.05, 3.63) is 0 Å². The number of nitrogens with one attached hydrogen (secondary N) is 2. The van der Waals surface area contributed by atoms with Crippen LogP contribution in [0.4, 0.5) is 4.79 Å². The van der Waals surface area contributed by atoms with Crippen LogP contribution in [0.2, 0.25) is 0 Å². The summed E-state index contributed by atoms with van der Waals surface area (Å²) in [4.78, 5) is 11.8. The third kappa shape index (κ3) is 6.48. The highest BCUT2D eigenvalue weighted by atomic mass is 16.5. The molecule has 0 aromatic rings. The van der Waals surface area contributed by atoms with Crippen molar-refractivity contribution < 1.29 is 14.6 Å². The fourth-order valence-electron chi connectivity index (χ4n) is 1.53. The van der Waals surface area contributed by atoms with Gasteiger partial charge < -0.3 is 20.5 Å². The Hall–Kier alpha value is -0.810. The maximum atomic E-state index is 11.8. The Labute approximate surface area is 104 Å². The SMILES string of the molecule is CCC(COC)NC(=O)NC(C)(CC)CCO. The molecule has 5 heteroatoms. The summed E-state index contributed by atoms with van der Waals surface area (Å²) in [6.07, 6.45) is 2.16. The second-order valence-corrected chi connectivity index (χ2v) is 4.55. The summed E-state index contributed by atoms with van der Waals surface area (Å²) in [5, 5.41) is 14.7. The highest BCUT2D eigenvalue weighted by Crippen LogP contribution is 2.13. The fraction of sp³-hybridized carbons (Fsp3) is 0.917. The normalized spacial score (nSPS) is 16.1. The number of amides is 2. The predicted octanol–water partition coefficient (Wildman–Crippen LogP) is 1.26. The minimum Gasteiger partial charge on any atom is -0.396 e. The lowest BCUT2D eigenvalue weighted by molar-refractivity contribution is 0.159. The summed E-state index contributed by atoms with van der Waals surface area (Å²) >= 11 is 0. The number of hydrogen-bond acceptors (Lipinski definition) is 3. The van der Waals surface area contributed by atoms with E-state index in [-0.39, 0.29) is 24.2 Å². The number of hydrogen-bond donors (Lipinski definition) is 3. The van der Waals surface area contributed by atoms with Crippen LogP contribution in [0.25, 0.3) is 0 Å². The number of methoxy groups -OCH3 is 1. The smallest absolute Gasteiger partial charge is 0.315 e. The van der Waals surface area contributed by atoms with Gasteiger partial charge in [-0.05, 0) is 26.2 Å². The number of carbonyl (C=O) groups is 1. The molecular formula is C12H26N2O3. The van der Waals surface area contributed by atoms with Crippen LogP contribution in [0.15, 0.2) is 0 Å². The number of ether oxygens (including phenoxy) is 1. The molecule has 0 radical (unpaired) electrons. The molecule has 17 heavy (non-hydrogen) atoms. The Morgan fingerprint density at radius 3 is 2.53 bits per heavy atom. The van der Waals surface area contributed by atoms with Gasteiger partial charge in [-0.3, -0.25) is 0 Å². The summed E-state index contributed by atoms with van der Waals surface area (Å²) < 4.78 is 5.02. The fourth-order valence-corrected chi connectivity index (χ4v) is 1.53. The van der Waals surface area contributed by atoms with Crippen LogP contribution >= 0.6 is 0 Å². The van der Waals surface area contributed by atoms with E-state index in [4.69, 9.17) is 9.84 Å². The molecule has 3 N–H and O–H groups in total. The molecule has 0 spiro atoms. The second-order valence-electron chi connectivity index (χ2n) is 4.55. The van der Waals surface area contributed by atoms with Crippen molar-refractivity contribution in [2.24, 2.45) is 0 Å². The van der Waals surface area contributed by atoms with E-state index in [2.05, 4.69) is 10.6 Å². The van der Waals surface area contributed by atoms with E-state index in [9.17, 15) is 4.79 Å². The number of aliphatic hydroxyl groups excluding tert-OH is 1. The molecule has 0 heterocycles. The van der Waals surface area contributed by atoms with Gasteiger partial charge in [0.15, 0.2) is 0 Å². The molecular weight excluding hydrogens is 220 g/mol. The number of rotatable bonds is 8. The molecule has 0 aromatic heterocycles. The summed E-state index contributed by atoms with van der Waals surface area (Å²) in [7, 11) is 1.62.